The van der Waals surface area contributed by atoms with Gasteiger partial charge in [0.15, 0.2) is 12.4 Å². The molecule has 1 aromatic rings. The zero-order valence-corrected chi connectivity index (χ0v) is 9.93. The first-order valence-corrected chi connectivity index (χ1v) is 5.82. The predicted molar refractivity (Wildman–Crippen MR) is 65.3 cm³/mol. The summed E-state index contributed by atoms with van der Waals surface area (Å²) in [4.78, 5) is 2.17. The number of hydrogen-bond donors (Lipinski definition) is 0. The maximum Gasteiger partial charge on any atom is 0.169 e. The van der Waals surface area contributed by atoms with Gasteiger partial charge in [-0.15, -0.1) is 0 Å². The summed E-state index contributed by atoms with van der Waals surface area (Å²) >= 11 is 0. The van der Waals surface area contributed by atoms with Gasteiger partial charge in [0.2, 0.25) is 0 Å². The lowest BCUT2D eigenvalue weighted by molar-refractivity contribution is -0.693. The lowest BCUT2D eigenvalue weighted by Crippen LogP contribution is -2.30. The highest BCUT2D eigenvalue weighted by Gasteiger charge is 2.10. The first-order chi connectivity index (χ1) is 7.83. The van der Waals surface area contributed by atoms with Crippen LogP contribution in [0.2, 0.25) is 0 Å². The monoisotopic (exact) mass is 214 g/mol. The summed E-state index contributed by atoms with van der Waals surface area (Å²) < 4.78 is 2.17. The molecule has 1 radical (unpaired) electrons. The second-order valence-electron chi connectivity index (χ2n) is 3.83. The molecule has 0 saturated heterocycles. The van der Waals surface area contributed by atoms with Crippen LogP contribution in [0.25, 0.3) is 0 Å². The first kappa shape index (κ1) is 10.9. The molecular weight excluding hydrogens is 196 g/mol. The fraction of sp³-hybridized carbons (Fsp3) is 0.286. The van der Waals surface area contributed by atoms with Crippen molar-refractivity contribution in [3.63, 3.8) is 0 Å². The van der Waals surface area contributed by atoms with Crippen LogP contribution in [0.1, 0.15) is 19.4 Å². The summed E-state index contributed by atoms with van der Waals surface area (Å²) in [6.45, 7) is 6.33. The number of nitrogens with zero attached hydrogens (tertiary/aromatic N) is 2. The molecule has 0 N–H and O–H groups in total. The van der Waals surface area contributed by atoms with E-state index in [-0.39, 0.29) is 0 Å². The van der Waals surface area contributed by atoms with E-state index in [4.69, 9.17) is 0 Å². The van der Waals surface area contributed by atoms with Crippen LogP contribution in [0.5, 0.6) is 0 Å². The van der Waals surface area contributed by atoms with Crippen LogP contribution in [0, 0.1) is 5.92 Å². The Bertz CT molecular complexity index is 376. The lowest BCUT2D eigenvalue weighted by atomic mass is 9.99. The maximum atomic E-state index is 2.17. The molecule has 2 heterocycles. The Labute approximate surface area is 97.5 Å². The molecule has 2 heteroatoms. The summed E-state index contributed by atoms with van der Waals surface area (Å²) in [6, 6.07) is 4.32. The molecule has 0 bridgehead atoms. The van der Waals surface area contributed by atoms with Crippen molar-refractivity contribution in [2.45, 2.75) is 20.4 Å². The molecular formula is C14H18N2+. The van der Waals surface area contributed by atoms with Crippen molar-refractivity contribution < 1.29 is 4.57 Å². The van der Waals surface area contributed by atoms with Gasteiger partial charge in [-0.1, -0.05) is 12.2 Å². The van der Waals surface area contributed by atoms with Gasteiger partial charge in [0.1, 0.15) is 6.54 Å². The Kier molecular flexibility index (Phi) is 3.40. The average molecular weight is 214 g/mol. The van der Waals surface area contributed by atoms with Gasteiger partial charge in [-0.05, 0) is 19.4 Å². The van der Waals surface area contributed by atoms with Crippen molar-refractivity contribution >= 4 is 0 Å². The number of allylic oxidation sites excluding steroid dienone is 2. The van der Waals surface area contributed by atoms with Crippen LogP contribution in [-0.2, 0) is 6.54 Å². The second-order valence-corrected chi connectivity index (χ2v) is 3.83. The minimum atomic E-state index is 1.02. The van der Waals surface area contributed by atoms with E-state index in [1.165, 1.54) is 11.5 Å². The third kappa shape index (κ3) is 2.32. The maximum absolute atomic E-state index is 2.17. The van der Waals surface area contributed by atoms with E-state index in [2.05, 4.69) is 72.4 Å². The summed E-state index contributed by atoms with van der Waals surface area (Å²) in [5, 5.41) is 0. The average Bonchev–Trinajstić information content (AvgIpc) is 2.39. The molecule has 1 aliphatic rings. The highest BCUT2D eigenvalue weighted by molar-refractivity contribution is 5.44. The van der Waals surface area contributed by atoms with Crippen LogP contribution < -0.4 is 4.57 Å². The van der Waals surface area contributed by atoms with Gasteiger partial charge >= 0.3 is 0 Å². The molecule has 0 atom stereocenters. The summed E-state index contributed by atoms with van der Waals surface area (Å²) in [5.74, 6) is 1.27. The van der Waals surface area contributed by atoms with E-state index >= 15 is 0 Å². The van der Waals surface area contributed by atoms with E-state index in [0.29, 0.717) is 0 Å². The largest absolute Gasteiger partial charge is 0.355 e. The highest BCUT2D eigenvalue weighted by atomic mass is 15.1. The van der Waals surface area contributed by atoms with E-state index in [1.54, 1.807) is 0 Å². The zero-order chi connectivity index (χ0) is 11.4. The van der Waals surface area contributed by atoms with Gasteiger partial charge < -0.3 is 4.90 Å². The van der Waals surface area contributed by atoms with Gasteiger partial charge in [-0.25, -0.2) is 4.57 Å². The Morgan fingerprint density at radius 2 is 1.69 bits per heavy atom. The van der Waals surface area contributed by atoms with Crippen LogP contribution >= 0.6 is 0 Å². The number of aryl methyl sites for hydroxylation is 1. The molecule has 0 fully saturated rings. The molecule has 0 amide bonds. The van der Waals surface area contributed by atoms with Gasteiger partial charge in [0.05, 0.1) is 5.92 Å². The Morgan fingerprint density at radius 1 is 1.06 bits per heavy atom. The molecule has 0 unspecified atom stereocenters. The molecule has 1 aliphatic heterocycles. The normalized spacial score (nSPS) is 15.8. The van der Waals surface area contributed by atoms with Crippen molar-refractivity contribution in [3.8, 4) is 0 Å². The highest BCUT2D eigenvalue weighted by Crippen LogP contribution is 2.20. The minimum Gasteiger partial charge on any atom is -0.355 e. The zero-order valence-electron chi connectivity index (χ0n) is 9.93. The number of aromatic nitrogens is 1. The topological polar surface area (TPSA) is 7.12 Å². The molecule has 2 nitrogen and oxygen atoms in total. The number of hydrogen-bond acceptors (Lipinski definition) is 1. The van der Waals surface area contributed by atoms with Crippen molar-refractivity contribution in [2.24, 2.45) is 0 Å². The second kappa shape index (κ2) is 4.97. The molecule has 1 aromatic heterocycles. The van der Waals surface area contributed by atoms with E-state index in [0.717, 1.165) is 13.1 Å². The van der Waals surface area contributed by atoms with Crippen molar-refractivity contribution in [3.05, 3.63) is 60.6 Å². The van der Waals surface area contributed by atoms with Gasteiger partial charge in [-0.2, -0.15) is 0 Å². The van der Waals surface area contributed by atoms with Crippen LogP contribution in [-0.4, -0.2) is 11.4 Å². The molecule has 0 spiro atoms. The Morgan fingerprint density at radius 3 is 2.19 bits per heavy atom. The Hall–Kier alpha value is -1.57. The van der Waals surface area contributed by atoms with Crippen LogP contribution in [0.3, 0.4) is 0 Å². The van der Waals surface area contributed by atoms with Gasteiger partial charge in [0, 0.05) is 31.1 Å². The minimum absolute atomic E-state index is 1.02. The fourth-order valence-electron chi connectivity index (χ4n) is 1.72. The predicted octanol–water partition coefficient (Wildman–Crippen LogP) is 2.28. The van der Waals surface area contributed by atoms with Crippen LogP contribution in [0.4, 0.5) is 0 Å². The molecule has 83 valence electrons. The van der Waals surface area contributed by atoms with E-state index in [1.807, 2.05) is 0 Å². The number of rotatable bonds is 3. The van der Waals surface area contributed by atoms with Crippen LogP contribution in [0.15, 0.2) is 49.1 Å². The molecule has 0 aromatic carbocycles. The smallest absolute Gasteiger partial charge is 0.169 e. The van der Waals surface area contributed by atoms with Crippen molar-refractivity contribution in [2.75, 3.05) is 6.54 Å². The standard InChI is InChI=1S/C14H18N2/c1-3-15-9-5-13(6-10-15)14-7-11-16(4-2)12-8-14/h5-12H,3-4H2,1-2H3/q+1. The molecule has 2 rings (SSSR count). The third-order valence-corrected chi connectivity index (χ3v) is 2.85. The van der Waals surface area contributed by atoms with Crippen molar-refractivity contribution in [1.29, 1.82) is 0 Å². The quantitative estimate of drug-likeness (QED) is 0.700. The summed E-state index contributed by atoms with van der Waals surface area (Å²) in [7, 11) is 0. The Balaban J connectivity index is 2.11. The lowest BCUT2D eigenvalue weighted by Gasteiger charge is -2.19. The molecule has 0 saturated carbocycles. The molecule has 16 heavy (non-hydrogen) atoms. The fourth-order valence-corrected chi connectivity index (χ4v) is 1.72. The summed E-state index contributed by atoms with van der Waals surface area (Å²) in [5.41, 5.74) is 1.27. The summed E-state index contributed by atoms with van der Waals surface area (Å²) in [6.07, 6.45) is 12.8. The first-order valence-electron chi connectivity index (χ1n) is 5.82. The van der Waals surface area contributed by atoms with E-state index in [9.17, 15) is 0 Å². The van der Waals surface area contributed by atoms with Gasteiger partial charge in [0.25, 0.3) is 0 Å². The van der Waals surface area contributed by atoms with E-state index < -0.39 is 0 Å². The number of pyridine rings is 1. The molecule has 0 aliphatic carbocycles. The third-order valence-electron chi connectivity index (χ3n) is 2.85. The van der Waals surface area contributed by atoms with Crippen molar-refractivity contribution in [1.82, 2.24) is 4.90 Å². The van der Waals surface area contributed by atoms with Gasteiger partial charge in [-0.3, -0.25) is 0 Å². The SMILES string of the molecule is CCN1C=C[C](c2cc[n+](CC)cc2)C=C1.